The molecule has 0 fully saturated rings. The lowest BCUT2D eigenvalue weighted by Crippen LogP contribution is -2.47. The van der Waals surface area contributed by atoms with Crippen molar-refractivity contribution in [2.24, 2.45) is 12.1 Å². The number of hydrazone groups is 1. The van der Waals surface area contributed by atoms with Crippen LogP contribution in [-0.4, -0.2) is 28.0 Å². The van der Waals surface area contributed by atoms with E-state index in [1.807, 2.05) is 67.9 Å². The maximum atomic E-state index is 12.6. The minimum Gasteiger partial charge on any atom is -0.350 e. The molecular formula is C23H23N5O3. The predicted molar refractivity (Wildman–Crippen MR) is 119 cm³/mol. The Labute approximate surface area is 179 Å². The van der Waals surface area contributed by atoms with Crippen LogP contribution in [0.15, 0.2) is 53.8 Å². The number of fused-ring (bicyclic) bond motifs is 1. The van der Waals surface area contributed by atoms with Crippen LogP contribution < -0.4 is 15.9 Å². The highest BCUT2D eigenvalue weighted by Crippen LogP contribution is 2.25. The minimum absolute atomic E-state index is 0.164. The van der Waals surface area contributed by atoms with Crippen LogP contribution >= 0.6 is 0 Å². The molecule has 2 aromatic carbocycles. The summed E-state index contributed by atoms with van der Waals surface area (Å²) in [6, 6.07) is 13.2. The van der Waals surface area contributed by atoms with E-state index in [4.69, 9.17) is 0 Å². The number of anilines is 1. The van der Waals surface area contributed by atoms with E-state index in [0.29, 0.717) is 11.3 Å². The molecule has 2 N–H and O–H groups in total. The Hall–Kier alpha value is -3.94. The third-order valence-corrected chi connectivity index (χ3v) is 5.32. The van der Waals surface area contributed by atoms with Gasteiger partial charge in [-0.15, -0.1) is 0 Å². The van der Waals surface area contributed by atoms with Gasteiger partial charge in [-0.25, -0.2) is 5.01 Å². The molecule has 0 aliphatic carbocycles. The van der Waals surface area contributed by atoms with E-state index >= 15 is 0 Å². The number of aromatic nitrogens is 1. The van der Waals surface area contributed by atoms with E-state index in [0.717, 1.165) is 22.0 Å². The van der Waals surface area contributed by atoms with Crippen LogP contribution in [0.3, 0.4) is 0 Å². The molecule has 8 nitrogen and oxygen atoms in total. The van der Waals surface area contributed by atoms with E-state index < -0.39 is 11.8 Å². The highest BCUT2D eigenvalue weighted by molar-refractivity contribution is 6.40. The lowest BCUT2D eigenvalue weighted by atomic mass is 10.1. The van der Waals surface area contributed by atoms with Gasteiger partial charge in [0, 0.05) is 37.0 Å². The third-order valence-electron chi connectivity index (χ3n) is 5.32. The van der Waals surface area contributed by atoms with E-state index in [-0.39, 0.29) is 24.5 Å². The topological polar surface area (TPSA) is 95.8 Å². The third kappa shape index (κ3) is 3.92. The number of amides is 3. The lowest BCUT2D eigenvalue weighted by molar-refractivity contribution is -0.119. The first-order chi connectivity index (χ1) is 14.8. The predicted octanol–water partition coefficient (Wildman–Crippen LogP) is 2.74. The van der Waals surface area contributed by atoms with E-state index in [1.165, 1.54) is 5.01 Å². The van der Waals surface area contributed by atoms with Gasteiger partial charge in [-0.2, -0.15) is 5.10 Å². The fourth-order valence-corrected chi connectivity index (χ4v) is 3.63. The first-order valence-corrected chi connectivity index (χ1v) is 9.97. The first-order valence-electron chi connectivity index (χ1n) is 9.97. The molecule has 0 atom stereocenters. The van der Waals surface area contributed by atoms with Crippen molar-refractivity contribution in [3.05, 3.63) is 65.4 Å². The molecule has 1 aromatic heterocycles. The molecule has 2 heterocycles. The summed E-state index contributed by atoms with van der Waals surface area (Å²) >= 11 is 0. The number of aryl methyl sites for hydroxylation is 3. The zero-order chi connectivity index (χ0) is 22.1. The SMILES string of the molecule is Cc1ccc(C)c(N2N=C(C(=O)NNC(=O)c3cn(C)c4ccccc34)CCC2=O)c1. The Morgan fingerprint density at radius 2 is 1.74 bits per heavy atom. The van der Waals surface area contributed by atoms with Gasteiger partial charge < -0.3 is 4.57 Å². The van der Waals surface area contributed by atoms with Crippen molar-refractivity contribution in [2.75, 3.05) is 5.01 Å². The van der Waals surface area contributed by atoms with Crippen LogP contribution in [0, 0.1) is 13.8 Å². The van der Waals surface area contributed by atoms with Gasteiger partial charge in [0.1, 0.15) is 5.71 Å². The maximum Gasteiger partial charge on any atom is 0.285 e. The number of nitrogens with zero attached hydrogens (tertiary/aromatic N) is 3. The number of hydrogen-bond acceptors (Lipinski definition) is 4. The number of nitrogens with one attached hydrogen (secondary N) is 2. The summed E-state index contributed by atoms with van der Waals surface area (Å²) in [7, 11) is 1.85. The van der Waals surface area contributed by atoms with Crippen LogP contribution in [0.5, 0.6) is 0 Å². The number of para-hydroxylation sites is 1. The van der Waals surface area contributed by atoms with Crippen LogP contribution in [-0.2, 0) is 16.6 Å². The van der Waals surface area contributed by atoms with E-state index in [2.05, 4.69) is 16.0 Å². The standard InChI is InChI=1S/C23H23N5O3/c1-14-8-9-15(2)20(12-14)28-21(29)11-10-18(26-28)23(31)25-24-22(30)17-13-27(3)19-7-5-4-6-16(17)19/h4-9,12-13H,10-11H2,1-3H3,(H,24,30)(H,25,31). The van der Waals surface area contributed by atoms with Crippen molar-refractivity contribution in [3.8, 4) is 0 Å². The number of carbonyl (C=O) groups excluding carboxylic acids is 3. The Morgan fingerprint density at radius 3 is 2.55 bits per heavy atom. The summed E-state index contributed by atoms with van der Waals surface area (Å²) < 4.78 is 1.85. The zero-order valence-electron chi connectivity index (χ0n) is 17.6. The highest BCUT2D eigenvalue weighted by Gasteiger charge is 2.27. The van der Waals surface area contributed by atoms with Crippen LogP contribution in [0.25, 0.3) is 10.9 Å². The van der Waals surface area contributed by atoms with Gasteiger partial charge in [-0.05, 0) is 37.1 Å². The van der Waals surface area contributed by atoms with Crippen molar-refractivity contribution in [1.29, 1.82) is 0 Å². The highest BCUT2D eigenvalue weighted by atomic mass is 16.2. The number of benzene rings is 2. The Balaban J connectivity index is 1.51. The Bertz CT molecular complexity index is 1240. The van der Waals surface area contributed by atoms with E-state index in [9.17, 15) is 14.4 Å². The molecule has 8 heteroatoms. The van der Waals surface area contributed by atoms with Crippen molar-refractivity contribution in [1.82, 2.24) is 15.4 Å². The molecule has 0 saturated carbocycles. The summed E-state index contributed by atoms with van der Waals surface area (Å²) in [4.78, 5) is 37.7. The average molecular weight is 417 g/mol. The van der Waals surface area contributed by atoms with Crippen molar-refractivity contribution >= 4 is 40.0 Å². The Morgan fingerprint density at radius 1 is 1.00 bits per heavy atom. The van der Waals surface area contributed by atoms with Crippen molar-refractivity contribution < 1.29 is 14.4 Å². The molecule has 1 aliphatic heterocycles. The number of hydrogen-bond donors (Lipinski definition) is 2. The first kappa shape index (κ1) is 20.3. The molecule has 3 aromatic rings. The summed E-state index contributed by atoms with van der Waals surface area (Å²) in [5, 5.41) is 6.33. The van der Waals surface area contributed by atoms with Gasteiger partial charge in [-0.3, -0.25) is 25.2 Å². The molecule has 0 saturated heterocycles. The second-order valence-corrected chi connectivity index (χ2v) is 7.62. The Kier molecular flexibility index (Phi) is 5.29. The molecule has 0 unspecified atom stereocenters. The molecule has 0 radical (unpaired) electrons. The summed E-state index contributed by atoms with van der Waals surface area (Å²) in [6.45, 7) is 3.81. The van der Waals surface area contributed by atoms with Gasteiger partial charge >= 0.3 is 0 Å². The average Bonchev–Trinajstić information content (AvgIpc) is 3.11. The molecule has 158 valence electrons. The number of hydrazine groups is 1. The molecular weight excluding hydrogens is 394 g/mol. The monoisotopic (exact) mass is 417 g/mol. The number of carbonyl (C=O) groups is 3. The van der Waals surface area contributed by atoms with Gasteiger partial charge in [-0.1, -0.05) is 30.3 Å². The fraction of sp³-hybridized carbons (Fsp3) is 0.217. The molecule has 0 spiro atoms. The molecule has 3 amide bonds. The lowest BCUT2D eigenvalue weighted by Gasteiger charge is -2.24. The number of rotatable bonds is 3. The van der Waals surface area contributed by atoms with E-state index in [1.54, 1.807) is 6.20 Å². The van der Waals surface area contributed by atoms with Crippen LogP contribution in [0.1, 0.15) is 34.3 Å². The zero-order valence-corrected chi connectivity index (χ0v) is 17.6. The van der Waals surface area contributed by atoms with Crippen molar-refractivity contribution in [2.45, 2.75) is 26.7 Å². The quantitative estimate of drug-likeness (QED) is 0.642. The van der Waals surface area contributed by atoms with Gasteiger partial charge in [0.05, 0.1) is 11.3 Å². The van der Waals surface area contributed by atoms with Gasteiger partial charge in [0.25, 0.3) is 11.8 Å². The summed E-state index contributed by atoms with van der Waals surface area (Å²) in [5.74, 6) is -1.15. The maximum absolute atomic E-state index is 12.6. The largest absolute Gasteiger partial charge is 0.350 e. The molecule has 31 heavy (non-hydrogen) atoms. The van der Waals surface area contributed by atoms with Crippen molar-refractivity contribution in [3.63, 3.8) is 0 Å². The van der Waals surface area contributed by atoms with Gasteiger partial charge in [0.15, 0.2) is 0 Å². The second-order valence-electron chi connectivity index (χ2n) is 7.62. The van der Waals surface area contributed by atoms with Crippen LogP contribution in [0.2, 0.25) is 0 Å². The van der Waals surface area contributed by atoms with Gasteiger partial charge in [0.2, 0.25) is 5.91 Å². The minimum atomic E-state index is -0.545. The summed E-state index contributed by atoms with van der Waals surface area (Å²) in [6.07, 6.45) is 2.08. The fourth-order valence-electron chi connectivity index (χ4n) is 3.63. The smallest absolute Gasteiger partial charge is 0.285 e. The van der Waals surface area contributed by atoms with Crippen LogP contribution in [0.4, 0.5) is 5.69 Å². The summed E-state index contributed by atoms with van der Waals surface area (Å²) in [5.41, 5.74) is 8.94. The molecule has 0 bridgehead atoms. The normalized spacial score (nSPS) is 13.8. The molecule has 4 rings (SSSR count). The molecule has 1 aliphatic rings. The second kappa shape index (κ2) is 8.06.